The highest BCUT2D eigenvalue weighted by Crippen LogP contribution is 2.21. The van der Waals surface area contributed by atoms with Gasteiger partial charge in [-0.15, -0.1) is 0 Å². The Morgan fingerprint density at radius 3 is 2.00 bits per heavy atom. The van der Waals surface area contributed by atoms with Gasteiger partial charge in [-0.3, -0.25) is 0 Å². The second-order valence-electron chi connectivity index (χ2n) is 3.25. The van der Waals surface area contributed by atoms with Crippen LogP contribution in [0.4, 0.5) is 5.95 Å². The molecule has 2 N–H and O–H groups in total. The van der Waals surface area contributed by atoms with Crippen LogP contribution in [-0.4, -0.2) is 16.1 Å². The molecule has 0 bridgehead atoms. The fourth-order valence-electron chi connectivity index (χ4n) is 1.14. The Hall–Kier alpha value is -1.32. The van der Waals surface area contributed by atoms with Crippen molar-refractivity contribution in [2.75, 3.05) is 5.73 Å². The van der Waals surface area contributed by atoms with Crippen LogP contribution in [0.25, 0.3) is 0 Å². The highest BCUT2D eigenvalue weighted by molar-refractivity contribution is 5.36. The molecular weight excluding hydrogens is 166 g/mol. The smallest absolute Gasteiger partial charge is 0.220 e. The molecule has 72 valence electrons. The van der Waals surface area contributed by atoms with Crippen LogP contribution in [0.5, 0.6) is 5.75 Å². The molecule has 0 aliphatic rings. The largest absolute Gasteiger partial charge is 0.487 e. The zero-order valence-corrected chi connectivity index (χ0v) is 8.46. The fraction of sp³-hybridized carbons (Fsp3) is 0.556. The van der Waals surface area contributed by atoms with Gasteiger partial charge in [-0.05, 0) is 27.7 Å². The highest BCUT2D eigenvalue weighted by atomic mass is 16.5. The van der Waals surface area contributed by atoms with Crippen molar-refractivity contribution in [3.8, 4) is 5.75 Å². The predicted octanol–water partition coefficient (Wildman–Crippen LogP) is 1.46. The first-order valence-electron chi connectivity index (χ1n) is 4.28. The van der Waals surface area contributed by atoms with Gasteiger partial charge in [-0.2, -0.15) is 0 Å². The van der Waals surface area contributed by atoms with Crippen molar-refractivity contribution in [1.82, 2.24) is 9.97 Å². The van der Waals surface area contributed by atoms with Crippen LogP contribution >= 0.6 is 0 Å². The number of nitrogens with zero attached hydrogens (tertiary/aromatic N) is 2. The molecule has 0 unspecified atom stereocenters. The zero-order valence-electron chi connectivity index (χ0n) is 8.46. The van der Waals surface area contributed by atoms with Crippen LogP contribution in [-0.2, 0) is 0 Å². The van der Waals surface area contributed by atoms with E-state index in [2.05, 4.69) is 9.97 Å². The van der Waals surface area contributed by atoms with Crippen LogP contribution in [0.2, 0.25) is 0 Å². The van der Waals surface area contributed by atoms with Gasteiger partial charge in [0.25, 0.3) is 0 Å². The van der Waals surface area contributed by atoms with Gasteiger partial charge in [0.15, 0.2) is 5.75 Å². The van der Waals surface area contributed by atoms with Crippen molar-refractivity contribution >= 4 is 5.95 Å². The molecule has 0 aliphatic heterocycles. The molecule has 0 aliphatic carbocycles. The van der Waals surface area contributed by atoms with E-state index in [1.54, 1.807) is 0 Å². The van der Waals surface area contributed by atoms with Gasteiger partial charge in [-0.25, -0.2) is 9.97 Å². The molecule has 1 rings (SSSR count). The van der Waals surface area contributed by atoms with E-state index in [0.29, 0.717) is 5.95 Å². The molecule has 0 fully saturated rings. The third-order valence-corrected chi connectivity index (χ3v) is 1.58. The lowest BCUT2D eigenvalue weighted by atomic mass is 10.3. The number of aromatic nitrogens is 2. The molecule has 0 amide bonds. The highest BCUT2D eigenvalue weighted by Gasteiger charge is 2.09. The van der Waals surface area contributed by atoms with Gasteiger partial charge < -0.3 is 10.5 Å². The summed E-state index contributed by atoms with van der Waals surface area (Å²) in [4.78, 5) is 8.06. The Balaban J connectivity index is 3.06. The SMILES string of the molecule is Cc1nc(N)nc(C)c1OC(C)C. The van der Waals surface area contributed by atoms with E-state index in [4.69, 9.17) is 10.5 Å². The molecule has 0 aromatic carbocycles. The van der Waals surface area contributed by atoms with Crippen molar-refractivity contribution in [3.63, 3.8) is 0 Å². The van der Waals surface area contributed by atoms with Crippen molar-refractivity contribution in [2.45, 2.75) is 33.8 Å². The normalized spacial score (nSPS) is 10.5. The third kappa shape index (κ3) is 2.31. The molecule has 13 heavy (non-hydrogen) atoms. The molecule has 4 nitrogen and oxygen atoms in total. The Morgan fingerprint density at radius 1 is 1.15 bits per heavy atom. The maximum absolute atomic E-state index is 5.55. The minimum absolute atomic E-state index is 0.129. The molecule has 0 saturated heterocycles. The number of nitrogen functional groups attached to an aromatic ring is 1. The molecule has 0 radical (unpaired) electrons. The standard InChI is InChI=1S/C9H15N3O/c1-5(2)13-8-6(3)11-9(10)12-7(8)4/h5H,1-4H3,(H2,10,11,12). The zero-order chi connectivity index (χ0) is 10.0. The second kappa shape index (κ2) is 3.60. The maximum atomic E-state index is 5.55. The topological polar surface area (TPSA) is 61.0 Å². The minimum atomic E-state index is 0.129. The van der Waals surface area contributed by atoms with Gasteiger partial charge >= 0.3 is 0 Å². The van der Waals surface area contributed by atoms with Crippen LogP contribution in [0.15, 0.2) is 0 Å². The van der Waals surface area contributed by atoms with Crippen LogP contribution in [0.1, 0.15) is 25.2 Å². The summed E-state index contributed by atoms with van der Waals surface area (Å²) in [6.07, 6.45) is 0.129. The summed E-state index contributed by atoms with van der Waals surface area (Å²) >= 11 is 0. The molecular formula is C9H15N3O. The third-order valence-electron chi connectivity index (χ3n) is 1.58. The lowest BCUT2D eigenvalue weighted by molar-refractivity contribution is 0.236. The Labute approximate surface area is 78.1 Å². The fourth-order valence-corrected chi connectivity index (χ4v) is 1.14. The molecule has 0 saturated carbocycles. The predicted molar refractivity (Wildman–Crippen MR) is 51.7 cm³/mol. The van der Waals surface area contributed by atoms with Crippen molar-refractivity contribution in [3.05, 3.63) is 11.4 Å². The molecule has 0 atom stereocenters. The van der Waals surface area contributed by atoms with Gasteiger partial charge in [0, 0.05) is 0 Å². The van der Waals surface area contributed by atoms with E-state index in [1.807, 2.05) is 27.7 Å². The van der Waals surface area contributed by atoms with E-state index in [1.165, 1.54) is 0 Å². The quantitative estimate of drug-likeness (QED) is 0.750. The number of anilines is 1. The first-order valence-corrected chi connectivity index (χ1v) is 4.28. The van der Waals surface area contributed by atoms with Crippen molar-refractivity contribution < 1.29 is 4.74 Å². The molecule has 4 heteroatoms. The molecule has 1 aromatic heterocycles. The average molecular weight is 181 g/mol. The molecule has 1 aromatic rings. The average Bonchev–Trinajstić information content (AvgIpc) is 1.96. The van der Waals surface area contributed by atoms with Crippen LogP contribution in [0.3, 0.4) is 0 Å². The van der Waals surface area contributed by atoms with E-state index in [9.17, 15) is 0 Å². The van der Waals surface area contributed by atoms with E-state index in [-0.39, 0.29) is 6.10 Å². The Morgan fingerprint density at radius 2 is 1.62 bits per heavy atom. The van der Waals surface area contributed by atoms with Gasteiger partial charge in [0.2, 0.25) is 5.95 Å². The number of hydrogen-bond acceptors (Lipinski definition) is 4. The summed E-state index contributed by atoms with van der Waals surface area (Å²) in [5, 5.41) is 0. The first-order chi connectivity index (χ1) is 6.00. The lowest BCUT2D eigenvalue weighted by Crippen LogP contribution is -2.10. The second-order valence-corrected chi connectivity index (χ2v) is 3.25. The summed E-state index contributed by atoms with van der Waals surface area (Å²) in [5.41, 5.74) is 7.06. The number of nitrogens with two attached hydrogens (primary N) is 1. The number of rotatable bonds is 2. The first kappa shape index (κ1) is 9.77. The van der Waals surface area contributed by atoms with E-state index >= 15 is 0 Å². The van der Waals surface area contributed by atoms with Gasteiger partial charge in [0.05, 0.1) is 17.5 Å². The van der Waals surface area contributed by atoms with Crippen molar-refractivity contribution in [2.24, 2.45) is 0 Å². The Kier molecular flexibility index (Phi) is 2.70. The number of aryl methyl sites for hydroxylation is 2. The van der Waals surface area contributed by atoms with Crippen molar-refractivity contribution in [1.29, 1.82) is 0 Å². The monoisotopic (exact) mass is 181 g/mol. The number of hydrogen-bond donors (Lipinski definition) is 1. The van der Waals surface area contributed by atoms with E-state index < -0.39 is 0 Å². The Bertz CT molecular complexity index is 287. The summed E-state index contributed by atoms with van der Waals surface area (Å²) < 4.78 is 5.55. The number of ether oxygens (including phenoxy) is 1. The minimum Gasteiger partial charge on any atom is -0.487 e. The summed E-state index contributed by atoms with van der Waals surface area (Å²) in [6, 6.07) is 0. The van der Waals surface area contributed by atoms with Gasteiger partial charge in [0.1, 0.15) is 0 Å². The lowest BCUT2D eigenvalue weighted by Gasteiger charge is -2.13. The summed E-state index contributed by atoms with van der Waals surface area (Å²) in [5.74, 6) is 1.04. The van der Waals surface area contributed by atoms with Gasteiger partial charge in [-0.1, -0.05) is 0 Å². The van der Waals surface area contributed by atoms with Crippen LogP contribution < -0.4 is 10.5 Å². The van der Waals surface area contributed by atoms with E-state index in [0.717, 1.165) is 17.1 Å². The van der Waals surface area contributed by atoms with Crippen LogP contribution in [0, 0.1) is 13.8 Å². The summed E-state index contributed by atoms with van der Waals surface area (Å²) in [7, 11) is 0. The molecule has 0 spiro atoms. The summed E-state index contributed by atoms with van der Waals surface area (Å²) in [6.45, 7) is 7.66. The molecule has 1 heterocycles. The maximum Gasteiger partial charge on any atom is 0.220 e.